The largest absolute Gasteiger partial charge is 0.496 e. The van der Waals surface area contributed by atoms with Gasteiger partial charge in [0.25, 0.3) is 5.91 Å². The van der Waals surface area contributed by atoms with E-state index in [9.17, 15) is 4.79 Å². The van der Waals surface area contributed by atoms with E-state index in [0.29, 0.717) is 13.1 Å². The molecule has 1 aliphatic rings. The van der Waals surface area contributed by atoms with E-state index in [0.717, 1.165) is 53.2 Å². The zero-order valence-electron chi connectivity index (χ0n) is 19.3. The second-order valence-corrected chi connectivity index (χ2v) is 8.63. The summed E-state index contributed by atoms with van der Waals surface area (Å²) in [5, 5.41) is 0. The minimum absolute atomic E-state index is 0.0845. The first-order chi connectivity index (χ1) is 16.7. The maximum Gasteiger partial charge on any atom is 0.254 e. The number of nitrogens with zero attached hydrogens (tertiary/aromatic N) is 4. The van der Waals surface area contributed by atoms with Gasteiger partial charge in [0.15, 0.2) is 0 Å². The Hall–Kier alpha value is -3.93. The lowest BCUT2D eigenvalue weighted by Gasteiger charge is -2.33. The number of aromatic nitrogens is 3. The van der Waals surface area contributed by atoms with Gasteiger partial charge in [0.1, 0.15) is 5.75 Å². The van der Waals surface area contributed by atoms with Gasteiger partial charge in [-0.25, -0.2) is 4.98 Å². The molecule has 0 saturated carbocycles. The fourth-order valence-electron chi connectivity index (χ4n) is 4.70. The number of ether oxygens (including phenoxy) is 1. The van der Waals surface area contributed by atoms with E-state index in [1.807, 2.05) is 76.3 Å². The molecule has 0 spiro atoms. The highest BCUT2D eigenvalue weighted by Crippen LogP contribution is 2.32. The lowest BCUT2D eigenvalue weighted by Crippen LogP contribution is -2.39. The Morgan fingerprint density at radius 1 is 1.06 bits per heavy atom. The molecule has 5 rings (SSSR count). The maximum absolute atomic E-state index is 13.6. The summed E-state index contributed by atoms with van der Waals surface area (Å²) in [6, 6.07) is 21.9. The third kappa shape index (κ3) is 4.57. The minimum atomic E-state index is 0.0845. The molecule has 0 aliphatic carbocycles. The Morgan fingerprint density at radius 3 is 2.76 bits per heavy atom. The summed E-state index contributed by atoms with van der Waals surface area (Å²) in [5.74, 6) is 1.09. The van der Waals surface area contributed by atoms with Gasteiger partial charge in [0.2, 0.25) is 0 Å². The number of pyridine rings is 1. The van der Waals surface area contributed by atoms with Crippen LogP contribution in [0.5, 0.6) is 5.75 Å². The fraction of sp³-hybridized carbons (Fsp3) is 0.250. The number of piperidine rings is 1. The van der Waals surface area contributed by atoms with Gasteiger partial charge in [0.05, 0.1) is 19.1 Å². The van der Waals surface area contributed by atoms with E-state index >= 15 is 0 Å². The van der Waals surface area contributed by atoms with Crippen molar-refractivity contribution in [3.63, 3.8) is 0 Å². The number of carbonyl (C=O) groups excluding carboxylic acids is 1. The second kappa shape index (κ2) is 9.91. The van der Waals surface area contributed by atoms with Crippen LogP contribution in [0.2, 0.25) is 0 Å². The molecule has 4 aromatic rings. The second-order valence-electron chi connectivity index (χ2n) is 8.63. The average molecular weight is 453 g/mol. The molecule has 3 heterocycles. The van der Waals surface area contributed by atoms with Crippen LogP contribution in [0.3, 0.4) is 0 Å². The SMILES string of the molecule is COc1ccccc1-c1cccc([C@H]2CCCN(C(=O)c3ccccc3Cn3ccnc3)C2)n1. The molecule has 34 heavy (non-hydrogen) atoms. The fourth-order valence-corrected chi connectivity index (χ4v) is 4.70. The van der Waals surface area contributed by atoms with Crippen LogP contribution in [0.15, 0.2) is 85.5 Å². The van der Waals surface area contributed by atoms with Gasteiger partial charge in [-0.1, -0.05) is 36.4 Å². The first-order valence-corrected chi connectivity index (χ1v) is 11.7. The molecule has 2 aromatic carbocycles. The molecule has 1 saturated heterocycles. The third-order valence-electron chi connectivity index (χ3n) is 6.44. The Kier molecular flexibility index (Phi) is 6.38. The van der Waals surface area contributed by atoms with Crippen LogP contribution in [-0.4, -0.2) is 45.5 Å². The highest BCUT2D eigenvalue weighted by molar-refractivity contribution is 5.95. The predicted octanol–water partition coefficient (Wildman–Crippen LogP) is 5.02. The van der Waals surface area contributed by atoms with E-state index in [4.69, 9.17) is 9.72 Å². The number of imidazole rings is 1. The molecule has 0 radical (unpaired) electrons. The summed E-state index contributed by atoms with van der Waals surface area (Å²) in [7, 11) is 1.68. The molecule has 1 atom stereocenters. The van der Waals surface area contributed by atoms with Gasteiger partial charge in [-0.15, -0.1) is 0 Å². The lowest BCUT2D eigenvalue weighted by atomic mass is 9.93. The third-order valence-corrected chi connectivity index (χ3v) is 6.44. The Bertz CT molecular complexity index is 1270. The summed E-state index contributed by atoms with van der Waals surface area (Å²) < 4.78 is 7.52. The number of para-hydroxylation sites is 1. The van der Waals surface area contributed by atoms with Crippen molar-refractivity contribution < 1.29 is 9.53 Å². The van der Waals surface area contributed by atoms with E-state index < -0.39 is 0 Å². The maximum atomic E-state index is 13.6. The smallest absolute Gasteiger partial charge is 0.254 e. The summed E-state index contributed by atoms with van der Waals surface area (Å²) in [4.78, 5) is 24.6. The quantitative estimate of drug-likeness (QED) is 0.412. The standard InChI is InChI=1S/C28H28N4O2/c1-34-27-14-5-4-11-24(27)26-13-6-12-25(30-26)22-9-7-16-32(19-22)28(33)23-10-3-2-8-21(23)18-31-17-15-29-20-31/h2-6,8,10-15,17,20,22H,7,9,16,18-19H2,1H3/t22-/m0/s1. The van der Waals surface area contributed by atoms with Crippen molar-refractivity contribution in [1.29, 1.82) is 0 Å². The van der Waals surface area contributed by atoms with Gasteiger partial charge in [-0.05, 0) is 48.7 Å². The van der Waals surface area contributed by atoms with Crippen LogP contribution in [0.25, 0.3) is 11.3 Å². The van der Waals surface area contributed by atoms with Crippen molar-refractivity contribution in [1.82, 2.24) is 19.4 Å². The van der Waals surface area contributed by atoms with Crippen molar-refractivity contribution in [3.05, 3.63) is 102 Å². The summed E-state index contributed by atoms with van der Waals surface area (Å²) in [6.45, 7) is 2.06. The number of rotatable bonds is 6. The molecule has 0 N–H and O–H groups in total. The van der Waals surface area contributed by atoms with Gasteiger partial charge in [-0.2, -0.15) is 0 Å². The number of carbonyl (C=O) groups is 1. The van der Waals surface area contributed by atoms with E-state index in [-0.39, 0.29) is 11.8 Å². The molecule has 172 valence electrons. The van der Waals surface area contributed by atoms with E-state index in [1.165, 1.54) is 0 Å². The highest BCUT2D eigenvalue weighted by atomic mass is 16.5. The van der Waals surface area contributed by atoms with Crippen LogP contribution in [-0.2, 0) is 6.54 Å². The number of hydrogen-bond donors (Lipinski definition) is 0. The van der Waals surface area contributed by atoms with E-state index in [2.05, 4.69) is 11.1 Å². The van der Waals surface area contributed by atoms with Crippen molar-refractivity contribution in [3.8, 4) is 17.0 Å². The Labute approximate surface area is 199 Å². The summed E-state index contributed by atoms with van der Waals surface area (Å²) in [5.41, 5.74) is 4.65. The molecular weight excluding hydrogens is 424 g/mol. The molecule has 1 aliphatic heterocycles. The molecule has 2 aromatic heterocycles. The predicted molar refractivity (Wildman–Crippen MR) is 132 cm³/mol. The number of likely N-dealkylation sites (tertiary alicyclic amines) is 1. The normalized spacial score (nSPS) is 15.8. The lowest BCUT2D eigenvalue weighted by molar-refractivity contribution is 0.0704. The highest BCUT2D eigenvalue weighted by Gasteiger charge is 2.27. The van der Waals surface area contributed by atoms with Gasteiger partial charge in [0, 0.05) is 54.8 Å². The van der Waals surface area contributed by atoms with Crippen molar-refractivity contribution >= 4 is 5.91 Å². The number of benzene rings is 2. The van der Waals surface area contributed by atoms with Gasteiger partial charge < -0.3 is 14.2 Å². The van der Waals surface area contributed by atoms with Crippen molar-refractivity contribution in [2.45, 2.75) is 25.3 Å². The van der Waals surface area contributed by atoms with E-state index in [1.54, 1.807) is 19.6 Å². The molecular formula is C28H28N4O2. The Morgan fingerprint density at radius 2 is 1.91 bits per heavy atom. The van der Waals surface area contributed by atoms with Crippen LogP contribution in [0.1, 0.15) is 40.4 Å². The molecule has 0 bridgehead atoms. The summed E-state index contributed by atoms with van der Waals surface area (Å²) >= 11 is 0. The van der Waals surface area contributed by atoms with Gasteiger partial charge in [-0.3, -0.25) is 9.78 Å². The molecule has 0 unspecified atom stereocenters. The van der Waals surface area contributed by atoms with Crippen molar-refractivity contribution in [2.24, 2.45) is 0 Å². The Balaban J connectivity index is 1.37. The monoisotopic (exact) mass is 452 g/mol. The van der Waals surface area contributed by atoms with Gasteiger partial charge >= 0.3 is 0 Å². The van der Waals surface area contributed by atoms with Crippen LogP contribution < -0.4 is 4.74 Å². The number of amides is 1. The average Bonchev–Trinajstić information content (AvgIpc) is 3.42. The molecule has 6 heteroatoms. The summed E-state index contributed by atoms with van der Waals surface area (Å²) in [6.07, 6.45) is 7.42. The number of methoxy groups -OCH3 is 1. The zero-order valence-corrected chi connectivity index (χ0v) is 19.3. The first kappa shape index (κ1) is 21.9. The topological polar surface area (TPSA) is 60.2 Å². The van der Waals surface area contributed by atoms with Crippen LogP contribution in [0.4, 0.5) is 0 Å². The zero-order chi connectivity index (χ0) is 23.3. The minimum Gasteiger partial charge on any atom is -0.496 e. The molecule has 1 amide bonds. The van der Waals surface area contributed by atoms with Crippen molar-refractivity contribution in [2.75, 3.05) is 20.2 Å². The number of hydrogen-bond acceptors (Lipinski definition) is 4. The van der Waals surface area contributed by atoms with Crippen LogP contribution >= 0.6 is 0 Å². The first-order valence-electron chi connectivity index (χ1n) is 11.7. The molecule has 1 fully saturated rings. The molecule has 6 nitrogen and oxygen atoms in total. The van der Waals surface area contributed by atoms with Crippen LogP contribution in [0, 0.1) is 0 Å².